The largest absolute Gasteiger partial charge is 0.462 e. The molecule has 0 amide bonds. The molecule has 8 heteroatoms. The summed E-state index contributed by atoms with van der Waals surface area (Å²) in [5.74, 6) is -1.47. The minimum Gasteiger partial charge on any atom is -0.462 e. The highest BCUT2D eigenvalue weighted by molar-refractivity contribution is 5.79. The number of nitrogens with zero attached hydrogens (tertiary/aromatic N) is 2. The highest BCUT2D eigenvalue weighted by atomic mass is 16.6. The number of carbonyl (C=O) groups is 2. The third-order valence-electron chi connectivity index (χ3n) is 7.30. The van der Waals surface area contributed by atoms with Gasteiger partial charge in [0, 0.05) is 47.8 Å². The molecule has 0 aromatic heterocycles. The Labute approximate surface area is 193 Å². The van der Waals surface area contributed by atoms with Crippen LogP contribution in [0.2, 0.25) is 0 Å². The molecule has 2 N–H and O–H groups in total. The number of rotatable bonds is 6. The van der Waals surface area contributed by atoms with Gasteiger partial charge in [-0.1, -0.05) is 13.8 Å². The summed E-state index contributed by atoms with van der Waals surface area (Å²) in [6.45, 7) is 17.2. The molecular formula is C24H44N2O6. The molecule has 2 aliphatic rings. The lowest BCUT2D eigenvalue weighted by molar-refractivity contribution is -0.265. The fourth-order valence-electron chi connectivity index (χ4n) is 5.51. The predicted molar refractivity (Wildman–Crippen MR) is 120 cm³/mol. The second kappa shape index (κ2) is 9.20. The van der Waals surface area contributed by atoms with Gasteiger partial charge in [-0.15, -0.1) is 0 Å². The standard InChI is InChI=1S/C24H44N2O6/c1-10-24(9)15-18(14-23(7,8)26(24)30)32-20(28)16(2)11-19(27)31-17-12-21(3,4)25(29)22(5,6)13-17/h16-18,29-30H,10-15H2,1-9H3. The summed E-state index contributed by atoms with van der Waals surface area (Å²) in [5.41, 5.74) is -2.03. The quantitative estimate of drug-likeness (QED) is 0.571. The van der Waals surface area contributed by atoms with Gasteiger partial charge in [0.15, 0.2) is 0 Å². The molecule has 3 atom stereocenters. The minimum absolute atomic E-state index is 0.0493. The van der Waals surface area contributed by atoms with Gasteiger partial charge in [0.25, 0.3) is 0 Å². The highest BCUT2D eigenvalue weighted by Gasteiger charge is 2.49. The molecule has 2 rings (SSSR count). The number of piperidine rings is 2. The van der Waals surface area contributed by atoms with Gasteiger partial charge in [-0.2, -0.15) is 10.1 Å². The molecule has 2 fully saturated rings. The summed E-state index contributed by atoms with van der Waals surface area (Å²) in [7, 11) is 0. The normalized spacial score (nSPS) is 31.7. The summed E-state index contributed by atoms with van der Waals surface area (Å²) in [6.07, 6.45) is 2.12. The van der Waals surface area contributed by atoms with Gasteiger partial charge in [0.1, 0.15) is 12.2 Å². The zero-order valence-corrected chi connectivity index (χ0v) is 21.4. The number of esters is 2. The van der Waals surface area contributed by atoms with Crippen LogP contribution in [0.25, 0.3) is 0 Å². The van der Waals surface area contributed by atoms with Gasteiger partial charge >= 0.3 is 11.9 Å². The van der Waals surface area contributed by atoms with Crippen LogP contribution in [0.5, 0.6) is 0 Å². The van der Waals surface area contributed by atoms with Crippen molar-refractivity contribution in [3.8, 4) is 0 Å². The summed E-state index contributed by atoms with van der Waals surface area (Å²) in [5, 5.41) is 23.7. The van der Waals surface area contributed by atoms with E-state index in [0.717, 1.165) is 6.42 Å². The fourth-order valence-corrected chi connectivity index (χ4v) is 5.51. The molecule has 0 radical (unpaired) electrons. The van der Waals surface area contributed by atoms with E-state index >= 15 is 0 Å². The van der Waals surface area contributed by atoms with Gasteiger partial charge in [0.2, 0.25) is 0 Å². The van der Waals surface area contributed by atoms with Crippen LogP contribution in [0.1, 0.15) is 101 Å². The van der Waals surface area contributed by atoms with Gasteiger partial charge < -0.3 is 19.9 Å². The van der Waals surface area contributed by atoms with E-state index in [1.807, 2.05) is 55.4 Å². The van der Waals surface area contributed by atoms with Crippen LogP contribution in [-0.2, 0) is 19.1 Å². The van der Waals surface area contributed by atoms with Gasteiger partial charge in [0.05, 0.1) is 12.3 Å². The molecule has 32 heavy (non-hydrogen) atoms. The zero-order chi connectivity index (χ0) is 24.7. The molecule has 0 spiro atoms. The Hall–Kier alpha value is -1.22. The maximum atomic E-state index is 12.7. The Morgan fingerprint density at radius 1 is 0.844 bits per heavy atom. The zero-order valence-electron chi connectivity index (χ0n) is 21.4. The van der Waals surface area contributed by atoms with E-state index in [1.54, 1.807) is 6.92 Å². The van der Waals surface area contributed by atoms with Crippen LogP contribution in [0, 0.1) is 5.92 Å². The monoisotopic (exact) mass is 456 g/mol. The van der Waals surface area contributed by atoms with Crippen molar-refractivity contribution in [2.75, 3.05) is 0 Å². The molecule has 0 saturated carbocycles. The molecular weight excluding hydrogens is 412 g/mol. The number of ether oxygens (including phenoxy) is 2. The average Bonchev–Trinajstić information content (AvgIpc) is 2.63. The smallest absolute Gasteiger partial charge is 0.309 e. The fraction of sp³-hybridized carbons (Fsp3) is 0.917. The van der Waals surface area contributed by atoms with Gasteiger partial charge in [-0.25, -0.2) is 0 Å². The van der Waals surface area contributed by atoms with Crippen molar-refractivity contribution >= 4 is 11.9 Å². The SMILES string of the molecule is CCC1(C)CC(OC(=O)C(C)CC(=O)OC2CC(C)(C)N(O)C(C)(C)C2)CC(C)(C)N1O. The van der Waals surface area contributed by atoms with Crippen molar-refractivity contribution in [3.63, 3.8) is 0 Å². The molecule has 8 nitrogen and oxygen atoms in total. The Balaban J connectivity index is 1.93. The van der Waals surface area contributed by atoms with Crippen LogP contribution in [0.4, 0.5) is 0 Å². The molecule has 0 aromatic carbocycles. The number of hydroxylamine groups is 4. The van der Waals surface area contributed by atoms with E-state index in [-0.39, 0.29) is 18.6 Å². The van der Waals surface area contributed by atoms with E-state index in [2.05, 4.69) is 0 Å². The Kier molecular flexibility index (Phi) is 7.77. The second-order valence-electron chi connectivity index (χ2n) is 12.0. The number of carbonyl (C=O) groups excluding carboxylic acids is 2. The lowest BCUT2D eigenvalue weighted by Crippen LogP contribution is -2.61. The van der Waals surface area contributed by atoms with E-state index in [0.29, 0.717) is 25.7 Å². The van der Waals surface area contributed by atoms with Crippen molar-refractivity contribution in [1.29, 1.82) is 0 Å². The Bertz CT molecular complexity index is 689. The third-order valence-corrected chi connectivity index (χ3v) is 7.30. The number of hydrogen-bond acceptors (Lipinski definition) is 8. The summed E-state index contributed by atoms with van der Waals surface area (Å²) in [6, 6.07) is 0. The van der Waals surface area contributed by atoms with Crippen LogP contribution in [0.3, 0.4) is 0 Å². The van der Waals surface area contributed by atoms with Crippen molar-refractivity contribution in [2.45, 2.75) is 135 Å². The maximum absolute atomic E-state index is 12.7. The van der Waals surface area contributed by atoms with E-state index < -0.39 is 40.0 Å². The summed E-state index contributed by atoms with van der Waals surface area (Å²) in [4.78, 5) is 25.3. The van der Waals surface area contributed by atoms with Crippen LogP contribution in [0.15, 0.2) is 0 Å². The second-order valence-corrected chi connectivity index (χ2v) is 12.0. The topological polar surface area (TPSA) is 99.5 Å². The van der Waals surface area contributed by atoms with Crippen molar-refractivity contribution in [3.05, 3.63) is 0 Å². The van der Waals surface area contributed by atoms with Gasteiger partial charge in [-0.05, 0) is 54.9 Å². The minimum atomic E-state index is -0.621. The van der Waals surface area contributed by atoms with Crippen LogP contribution >= 0.6 is 0 Å². The lowest BCUT2D eigenvalue weighted by atomic mass is 9.78. The first-order chi connectivity index (χ1) is 14.4. The number of hydrogen-bond donors (Lipinski definition) is 2. The summed E-state index contributed by atoms with van der Waals surface area (Å²) >= 11 is 0. The summed E-state index contributed by atoms with van der Waals surface area (Å²) < 4.78 is 11.5. The first-order valence-corrected chi connectivity index (χ1v) is 11.8. The lowest BCUT2D eigenvalue weighted by Gasteiger charge is -2.52. The first kappa shape index (κ1) is 27.0. The average molecular weight is 457 g/mol. The Morgan fingerprint density at radius 3 is 1.75 bits per heavy atom. The van der Waals surface area contributed by atoms with E-state index in [9.17, 15) is 20.0 Å². The highest BCUT2D eigenvalue weighted by Crippen LogP contribution is 2.40. The molecule has 186 valence electrons. The molecule has 0 aliphatic carbocycles. The Morgan fingerprint density at radius 2 is 1.28 bits per heavy atom. The van der Waals surface area contributed by atoms with Crippen LogP contribution < -0.4 is 0 Å². The predicted octanol–water partition coefficient (Wildman–Crippen LogP) is 4.31. The van der Waals surface area contributed by atoms with Crippen molar-refractivity contribution in [2.24, 2.45) is 5.92 Å². The van der Waals surface area contributed by atoms with Crippen molar-refractivity contribution < 1.29 is 29.5 Å². The molecule has 2 aliphatic heterocycles. The first-order valence-electron chi connectivity index (χ1n) is 11.8. The van der Waals surface area contributed by atoms with E-state index in [1.165, 1.54) is 10.1 Å². The van der Waals surface area contributed by atoms with E-state index in [4.69, 9.17) is 9.47 Å². The molecule has 0 bridgehead atoms. The van der Waals surface area contributed by atoms with Crippen molar-refractivity contribution in [1.82, 2.24) is 10.1 Å². The molecule has 2 heterocycles. The third kappa shape index (κ3) is 5.82. The molecule has 0 aromatic rings. The molecule has 2 saturated heterocycles. The van der Waals surface area contributed by atoms with Gasteiger partial charge in [-0.3, -0.25) is 9.59 Å². The van der Waals surface area contributed by atoms with Crippen LogP contribution in [-0.4, -0.2) is 66.8 Å². The maximum Gasteiger partial charge on any atom is 0.309 e. The molecule has 3 unspecified atom stereocenters.